The Hall–Kier alpha value is -2.30. The molecule has 0 N–H and O–H groups in total. The van der Waals surface area contributed by atoms with Crippen LogP contribution in [0.3, 0.4) is 0 Å². The molecule has 0 saturated heterocycles. The fourth-order valence-electron chi connectivity index (χ4n) is 2.65. The van der Waals surface area contributed by atoms with Crippen molar-refractivity contribution in [1.29, 1.82) is 0 Å². The predicted octanol–water partition coefficient (Wildman–Crippen LogP) is 4.14. The summed E-state index contributed by atoms with van der Waals surface area (Å²) in [5.41, 5.74) is 2.65. The van der Waals surface area contributed by atoms with E-state index in [0.29, 0.717) is 22.2 Å². The number of esters is 1. The van der Waals surface area contributed by atoms with Gasteiger partial charge in [0, 0.05) is 28.4 Å². The molecule has 0 spiro atoms. The average molecular weight is 376 g/mol. The summed E-state index contributed by atoms with van der Waals surface area (Å²) in [4.78, 5) is 25.7. The van der Waals surface area contributed by atoms with Crippen LogP contribution in [-0.2, 0) is 20.7 Å². The Balaban J connectivity index is 1.56. The minimum Gasteiger partial charge on any atom is -0.452 e. The summed E-state index contributed by atoms with van der Waals surface area (Å²) in [6, 6.07) is 12.7. The molecule has 0 aromatic heterocycles. The van der Waals surface area contributed by atoms with Crippen molar-refractivity contribution >= 4 is 46.8 Å². The van der Waals surface area contributed by atoms with Crippen molar-refractivity contribution in [2.24, 2.45) is 0 Å². The fourth-order valence-corrected chi connectivity index (χ4v) is 3.12. The minimum absolute atomic E-state index is 0.240. The fraction of sp³-hybridized carbons (Fsp3) is 0.158. The molecule has 2 aromatic rings. The monoisotopic (exact) mass is 375 g/mol. The highest BCUT2D eigenvalue weighted by Crippen LogP contribution is 2.27. The molecular weight excluding hydrogens is 361 g/mol. The second kappa shape index (κ2) is 7.72. The molecule has 0 bridgehead atoms. The Morgan fingerprint density at radius 2 is 1.96 bits per heavy atom. The summed E-state index contributed by atoms with van der Waals surface area (Å²) < 4.78 is 5.03. The maximum atomic E-state index is 12.3. The van der Waals surface area contributed by atoms with Gasteiger partial charge in [-0.3, -0.25) is 4.79 Å². The van der Waals surface area contributed by atoms with Gasteiger partial charge in [-0.2, -0.15) is 0 Å². The van der Waals surface area contributed by atoms with Crippen LogP contribution in [0.15, 0.2) is 48.5 Å². The van der Waals surface area contributed by atoms with Crippen molar-refractivity contribution in [3.05, 3.63) is 69.7 Å². The van der Waals surface area contributed by atoms with Crippen LogP contribution in [0.1, 0.15) is 11.1 Å². The minimum atomic E-state index is -0.605. The van der Waals surface area contributed by atoms with Gasteiger partial charge in [-0.05, 0) is 41.8 Å². The number of anilines is 1. The number of hydrogen-bond acceptors (Lipinski definition) is 3. The van der Waals surface area contributed by atoms with Crippen LogP contribution in [0.2, 0.25) is 10.0 Å². The van der Waals surface area contributed by atoms with E-state index < -0.39 is 5.97 Å². The van der Waals surface area contributed by atoms with Crippen LogP contribution < -0.4 is 4.90 Å². The van der Waals surface area contributed by atoms with Crippen LogP contribution >= 0.6 is 23.2 Å². The van der Waals surface area contributed by atoms with E-state index in [0.717, 1.165) is 17.7 Å². The number of hydrogen-bond donors (Lipinski definition) is 0. The number of fused-ring (bicyclic) bond motifs is 1. The van der Waals surface area contributed by atoms with Crippen molar-refractivity contribution in [3.8, 4) is 0 Å². The molecule has 1 heterocycles. The molecule has 0 saturated carbocycles. The first-order valence-corrected chi connectivity index (χ1v) is 8.48. The molecular formula is C19H15Cl2NO3. The van der Waals surface area contributed by atoms with Crippen LogP contribution in [-0.4, -0.2) is 25.0 Å². The number of benzene rings is 2. The summed E-state index contributed by atoms with van der Waals surface area (Å²) in [7, 11) is 0. The quantitative estimate of drug-likeness (QED) is 0.595. The highest BCUT2D eigenvalue weighted by Gasteiger charge is 2.24. The van der Waals surface area contributed by atoms with Gasteiger partial charge >= 0.3 is 5.97 Å². The zero-order valence-corrected chi connectivity index (χ0v) is 14.8. The van der Waals surface area contributed by atoms with E-state index >= 15 is 0 Å². The SMILES string of the molecule is O=C(C=Cc1ccc(Cl)cc1Cl)OCC(=O)N1CCc2ccccc21. The third-order valence-corrected chi connectivity index (χ3v) is 4.45. The molecule has 1 amide bonds. The maximum Gasteiger partial charge on any atom is 0.331 e. The van der Waals surface area contributed by atoms with E-state index in [1.807, 2.05) is 24.3 Å². The van der Waals surface area contributed by atoms with E-state index in [2.05, 4.69) is 0 Å². The summed E-state index contributed by atoms with van der Waals surface area (Å²) in [6.45, 7) is 0.303. The molecule has 0 fully saturated rings. The number of para-hydroxylation sites is 1. The van der Waals surface area contributed by atoms with Gasteiger partial charge in [0.05, 0.1) is 0 Å². The molecule has 6 heteroatoms. The smallest absolute Gasteiger partial charge is 0.331 e. The Bertz CT molecular complexity index is 848. The Morgan fingerprint density at radius 3 is 2.76 bits per heavy atom. The third kappa shape index (κ3) is 4.21. The van der Waals surface area contributed by atoms with E-state index in [1.54, 1.807) is 23.1 Å². The first-order chi connectivity index (χ1) is 12.0. The maximum absolute atomic E-state index is 12.3. The van der Waals surface area contributed by atoms with Gasteiger partial charge in [0.15, 0.2) is 6.61 Å². The molecule has 3 rings (SSSR count). The van der Waals surface area contributed by atoms with Crippen LogP contribution in [0.25, 0.3) is 6.08 Å². The van der Waals surface area contributed by atoms with Gasteiger partial charge in [-0.15, -0.1) is 0 Å². The van der Waals surface area contributed by atoms with Gasteiger partial charge in [0.2, 0.25) is 0 Å². The Morgan fingerprint density at radius 1 is 1.16 bits per heavy atom. The molecule has 0 aliphatic carbocycles. The number of rotatable bonds is 4. The summed E-state index contributed by atoms with van der Waals surface area (Å²) in [5.74, 6) is -0.844. The summed E-state index contributed by atoms with van der Waals surface area (Å²) >= 11 is 11.8. The Kier molecular flexibility index (Phi) is 5.41. The van der Waals surface area contributed by atoms with Crippen molar-refractivity contribution in [1.82, 2.24) is 0 Å². The molecule has 1 aliphatic heterocycles. The predicted molar refractivity (Wildman–Crippen MR) is 99.0 cm³/mol. The molecule has 128 valence electrons. The lowest BCUT2D eigenvalue weighted by Crippen LogP contribution is -2.33. The molecule has 0 atom stereocenters. The van der Waals surface area contributed by atoms with E-state index in [9.17, 15) is 9.59 Å². The van der Waals surface area contributed by atoms with Crippen LogP contribution in [0, 0.1) is 0 Å². The van der Waals surface area contributed by atoms with Gasteiger partial charge in [0.25, 0.3) is 5.91 Å². The zero-order chi connectivity index (χ0) is 17.8. The first kappa shape index (κ1) is 17.5. The lowest BCUT2D eigenvalue weighted by molar-refractivity contribution is -0.142. The van der Waals surface area contributed by atoms with E-state index in [1.165, 1.54) is 12.2 Å². The van der Waals surface area contributed by atoms with Gasteiger partial charge in [0.1, 0.15) is 0 Å². The summed E-state index contributed by atoms with van der Waals surface area (Å²) in [5, 5.41) is 0.947. The number of carbonyl (C=O) groups excluding carboxylic acids is 2. The summed E-state index contributed by atoms with van der Waals surface area (Å²) in [6.07, 6.45) is 3.57. The normalized spacial score (nSPS) is 13.1. The van der Waals surface area contributed by atoms with E-state index in [4.69, 9.17) is 27.9 Å². The van der Waals surface area contributed by atoms with Crippen molar-refractivity contribution in [2.75, 3.05) is 18.1 Å². The van der Waals surface area contributed by atoms with Crippen LogP contribution in [0.4, 0.5) is 5.69 Å². The highest BCUT2D eigenvalue weighted by atomic mass is 35.5. The van der Waals surface area contributed by atoms with Gasteiger partial charge < -0.3 is 9.64 Å². The second-order valence-electron chi connectivity index (χ2n) is 5.53. The lowest BCUT2D eigenvalue weighted by Gasteiger charge is -2.16. The second-order valence-corrected chi connectivity index (χ2v) is 6.37. The van der Waals surface area contributed by atoms with Crippen LogP contribution in [0.5, 0.6) is 0 Å². The molecule has 4 nitrogen and oxygen atoms in total. The third-order valence-electron chi connectivity index (χ3n) is 3.89. The molecule has 1 aliphatic rings. The van der Waals surface area contributed by atoms with Gasteiger partial charge in [-0.1, -0.05) is 47.5 Å². The topological polar surface area (TPSA) is 46.6 Å². The molecule has 2 aromatic carbocycles. The molecule has 0 unspecified atom stereocenters. The highest BCUT2D eigenvalue weighted by molar-refractivity contribution is 6.35. The number of nitrogens with zero attached hydrogens (tertiary/aromatic N) is 1. The zero-order valence-electron chi connectivity index (χ0n) is 13.2. The standard InChI is InChI=1S/C19H15Cl2NO3/c20-15-7-5-13(16(21)11-15)6-8-19(24)25-12-18(23)22-10-9-14-3-1-2-4-17(14)22/h1-8,11H,9-10,12H2. The number of ether oxygens (including phenoxy) is 1. The van der Waals surface area contributed by atoms with E-state index in [-0.39, 0.29) is 12.5 Å². The molecule has 25 heavy (non-hydrogen) atoms. The first-order valence-electron chi connectivity index (χ1n) is 7.73. The number of amides is 1. The largest absolute Gasteiger partial charge is 0.452 e. The van der Waals surface area contributed by atoms with Crippen molar-refractivity contribution in [3.63, 3.8) is 0 Å². The van der Waals surface area contributed by atoms with Crippen molar-refractivity contribution in [2.45, 2.75) is 6.42 Å². The van der Waals surface area contributed by atoms with Gasteiger partial charge in [-0.25, -0.2) is 4.79 Å². The van der Waals surface area contributed by atoms with Crippen molar-refractivity contribution < 1.29 is 14.3 Å². The average Bonchev–Trinajstić information content (AvgIpc) is 3.03. The number of carbonyl (C=O) groups is 2. The molecule has 0 radical (unpaired) electrons. The number of halogens is 2. The lowest BCUT2D eigenvalue weighted by atomic mass is 10.2. The Labute approximate surface area is 155 Å².